The number of nitro groups is 1. The van der Waals surface area contributed by atoms with Crippen LogP contribution >= 0.6 is 0 Å². The van der Waals surface area contributed by atoms with E-state index in [-0.39, 0.29) is 17.3 Å². The number of benzene rings is 2. The van der Waals surface area contributed by atoms with Crippen molar-refractivity contribution in [2.75, 3.05) is 11.9 Å². The van der Waals surface area contributed by atoms with Crippen molar-refractivity contribution < 1.29 is 9.72 Å². The minimum atomic E-state index is -0.440. The summed E-state index contributed by atoms with van der Waals surface area (Å²) in [6.07, 6.45) is 1.40. The van der Waals surface area contributed by atoms with E-state index in [4.69, 9.17) is 0 Å². The Labute approximate surface area is 138 Å². The summed E-state index contributed by atoms with van der Waals surface area (Å²) in [5.74, 6) is -0.233. The second kappa shape index (κ2) is 6.04. The summed E-state index contributed by atoms with van der Waals surface area (Å²) >= 11 is 0. The number of anilines is 1. The molecular formula is C17H14N4O3. The molecule has 0 saturated carbocycles. The van der Waals surface area contributed by atoms with Crippen LogP contribution in [0.15, 0.2) is 52.7 Å². The number of hydrogen-bond acceptors (Lipinski definition) is 5. The van der Waals surface area contributed by atoms with E-state index in [0.717, 1.165) is 11.3 Å². The van der Waals surface area contributed by atoms with Gasteiger partial charge >= 0.3 is 0 Å². The maximum Gasteiger partial charge on any atom is 0.279 e. The van der Waals surface area contributed by atoms with E-state index in [2.05, 4.69) is 10.2 Å². The fraction of sp³-hybridized carbons (Fsp3) is 0.118. The van der Waals surface area contributed by atoms with Crippen LogP contribution in [0.25, 0.3) is 0 Å². The number of nitrogens with zero attached hydrogens (tertiary/aromatic N) is 4. The van der Waals surface area contributed by atoms with E-state index in [1.165, 1.54) is 17.2 Å². The van der Waals surface area contributed by atoms with Gasteiger partial charge < -0.3 is 4.90 Å². The summed E-state index contributed by atoms with van der Waals surface area (Å²) in [6.45, 7) is 1.67. The number of rotatable bonds is 3. The van der Waals surface area contributed by atoms with Gasteiger partial charge in [0.1, 0.15) is 0 Å². The highest BCUT2D eigenvalue weighted by Crippen LogP contribution is 2.27. The van der Waals surface area contributed by atoms with E-state index >= 15 is 0 Å². The summed E-state index contributed by atoms with van der Waals surface area (Å²) in [5, 5.41) is 18.9. The van der Waals surface area contributed by atoms with Gasteiger partial charge in [0.05, 0.1) is 16.8 Å². The lowest BCUT2D eigenvalue weighted by Crippen LogP contribution is -2.25. The van der Waals surface area contributed by atoms with Crippen LogP contribution in [0.3, 0.4) is 0 Å². The van der Waals surface area contributed by atoms with Crippen LogP contribution in [0.2, 0.25) is 0 Å². The van der Waals surface area contributed by atoms with Crippen molar-refractivity contribution in [3.63, 3.8) is 0 Å². The summed E-state index contributed by atoms with van der Waals surface area (Å²) in [7, 11) is 1.68. The number of carbonyl (C=O) groups is 1. The molecule has 0 spiro atoms. The van der Waals surface area contributed by atoms with Gasteiger partial charge in [-0.15, -0.1) is 5.10 Å². The van der Waals surface area contributed by atoms with Crippen LogP contribution in [0.4, 0.5) is 11.4 Å². The molecule has 2 aromatic rings. The summed E-state index contributed by atoms with van der Waals surface area (Å²) in [4.78, 5) is 24.3. The average molecular weight is 322 g/mol. The molecule has 1 heterocycles. The Morgan fingerprint density at radius 1 is 1.21 bits per heavy atom. The Bertz CT molecular complexity index is 902. The molecule has 120 valence electrons. The molecule has 1 amide bonds. The molecule has 0 bridgehead atoms. The Morgan fingerprint density at radius 3 is 2.71 bits per heavy atom. The monoisotopic (exact) mass is 322 g/mol. The van der Waals surface area contributed by atoms with Crippen molar-refractivity contribution >= 4 is 29.2 Å². The van der Waals surface area contributed by atoms with Crippen LogP contribution in [-0.4, -0.2) is 29.8 Å². The molecule has 0 fully saturated rings. The highest BCUT2D eigenvalue weighted by Gasteiger charge is 2.30. The van der Waals surface area contributed by atoms with Crippen LogP contribution < -0.4 is 4.90 Å². The van der Waals surface area contributed by atoms with E-state index in [9.17, 15) is 14.9 Å². The molecule has 0 saturated heterocycles. The molecule has 7 nitrogen and oxygen atoms in total. The first-order valence-electron chi connectivity index (χ1n) is 7.22. The van der Waals surface area contributed by atoms with Crippen LogP contribution in [-0.2, 0) is 4.79 Å². The van der Waals surface area contributed by atoms with Gasteiger partial charge in [0.2, 0.25) is 0 Å². The SMILES string of the molecule is Cc1ccc(/C=N\N=C2\C(=O)N(C)c3ccccc32)cc1[N+](=O)[O-]. The summed E-state index contributed by atoms with van der Waals surface area (Å²) < 4.78 is 0. The molecule has 1 aliphatic heterocycles. The Balaban J connectivity index is 1.91. The fourth-order valence-corrected chi connectivity index (χ4v) is 2.50. The third-order valence-corrected chi connectivity index (χ3v) is 3.82. The number of hydrogen-bond donors (Lipinski definition) is 0. The predicted octanol–water partition coefficient (Wildman–Crippen LogP) is 2.70. The standard InChI is InChI=1S/C17H14N4O3/c1-11-7-8-12(9-15(11)21(23)24)10-18-19-16-13-5-3-4-6-14(13)20(2)17(16)22/h3-10H,1-2H3/b18-10-,19-16+. The summed E-state index contributed by atoms with van der Waals surface area (Å²) in [6, 6.07) is 12.1. The normalized spacial score (nSPS) is 15.3. The second-order valence-corrected chi connectivity index (χ2v) is 5.38. The van der Waals surface area contributed by atoms with Gasteiger partial charge in [0, 0.05) is 29.8 Å². The maximum atomic E-state index is 12.2. The molecule has 0 aromatic heterocycles. The Morgan fingerprint density at radius 2 is 1.96 bits per heavy atom. The highest BCUT2D eigenvalue weighted by atomic mass is 16.6. The number of likely N-dealkylation sites (N-methyl/N-ethyl adjacent to an activating group) is 1. The van der Waals surface area contributed by atoms with Crippen LogP contribution in [0.5, 0.6) is 0 Å². The molecule has 0 atom stereocenters. The Kier molecular flexibility index (Phi) is 3.91. The first kappa shape index (κ1) is 15.5. The van der Waals surface area contributed by atoms with Crippen LogP contribution in [0.1, 0.15) is 16.7 Å². The Hall–Kier alpha value is -3.35. The van der Waals surface area contributed by atoms with Gasteiger partial charge in [0.25, 0.3) is 11.6 Å². The molecular weight excluding hydrogens is 308 g/mol. The number of carbonyl (C=O) groups excluding carboxylic acids is 1. The molecule has 1 aliphatic rings. The third-order valence-electron chi connectivity index (χ3n) is 3.82. The molecule has 2 aromatic carbocycles. The zero-order valence-electron chi connectivity index (χ0n) is 13.1. The number of nitro benzene ring substituents is 1. The second-order valence-electron chi connectivity index (χ2n) is 5.38. The molecule has 0 aliphatic carbocycles. The minimum Gasteiger partial charge on any atom is -0.309 e. The lowest BCUT2D eigenvalue weighted by molar-refractivity contribution is -0.385. The zero-order valence-corrected chi connectivity index (χ0v) is 13.1. The lowest BCUT2D eigenvalue weighted by Gasteiger charge is -2.07. The number of fused-ring (bicyclic) bond motifs is 1. The van der Waals surface area contributed by atoms with Crippen molar-refractivity contribution in [2.45, 2.75) is 6.92 Å². The van der Waals surface area contributed by atoms with Gasteiger partial charge in [-0.2, -0.15) is 5.10 Å². The topological polar surface area (TPSA) is 88.2 Å². The van der Waals surface area contributed by atoms with Gasteiger partial charge in [-0.3, -0.25) is 14.9 Å². The third kappa shape index (κ3) is 2.67. The van der Waals surface area contributed by atoms with Crippen LogP contribution in [0, 0.1) is 17.0 Å². The average Bonchev–Trinajstić information content (AvgIpc) is 2.81. The van der Waals surface area contributed by atoms with Crippen molar-refractivity contribution in [1.82, 2.24) is 0 Å². The van der Waals surface area contributed by atoms with Gasteiger partial charge in [0.15, 0.2) is 5.71 Å². The predicted molar refractivity (Wildman–Crippen MR) is 91.8 cm³/mol. The van der Waals surface area contributed by atoms with E-state index in [1.54, 1.807) is 26.1 Å². The number of para-hydroxylation sites is 1. The smallest absolute Gasteiger partial charge is 0.279 e. The first-order chi connectivity index (χ1) is 11.5. The molecule has 24 heavy (non-hydrogen) atoms. The maximum absolute atomic E-state index is 12.2. The lowest BCUT2D eigenvalue weighted by atomic mass is 10.1. The van der Waals surface area contributed by atoms with Gasteiger partial charge in [-0.05, 0) is 13.0 Å². The van der Waals surface area contributed by atoms with Crippen molar-refractivity contribution in [2.24, 2.45) is 10.2 Å². The largest absolute Gasteiger partial charge is 0.309 e. The number of aryl methyl sites for hydroxylation is 1. The minimum absolute atomic E-state index is 0.0219. The van der Waals surface area contributed by atoms with E-state index in [1.807, 2.05) is 24.3 Å². The van der Waals surface area contributed by atoms with Crippen molar-refractivity contribution in [3.05, 3.63) is 69.3 Å². The zero-order chi connectivity index (χ0) is 17.3. The molecule has 0 N–H and O–H groups in total. The molecule has 3 rings (SSSR count). The van der Waals surface area contributed by atoms with E-state index in [0.29, 0.717) is 11.1 Å². The van der Waals surface area contributed by atoms with Crippen molar-refractivity contribution in [1.29, 1.82) is 0 Å². The first-order valence-corrected chi connectivity index (χ1v) is 7.22. The number of amides is 1. The van der Waals surface area contributed by atoms with Crippen molar-refractivity contribution in [3.8, 4) is 0 Å². The molecule has 0 unspecified atom stereocenters. The van der Waals surface area contributed by atoms with Gasteiger partial charge in [-0.25, -0.2) is 0 Å². The highest BCUT2D eigenvalue weighted by molar-refractivity contribution is 6.54. The molecule has 0 radical (unpaired) electrons. The van der Waals surface area contributed by atoms with Gasteiger partial charge in [-0.1, -0.05) is 30.3 Å². The van der Waals surface area contributed by atoms with E-state index < -0.39 is 4.92 Å². The quantitative estimate of drug-likeness (QED) is 0.494. The summed E-state index contributed by atoms with van der Waals surface area (Å²) in [5.41, 5.74) is 2.90. The fourth-order valence-electron chi connectivity index (χ4n) is 2.50. The molecule has 7 heteroatoms.